The second kappa shape index (κ2) is 11.6. The summed E-state index contributed by atoms with van der Waals surface area (Å²) in [7, 11) is 0. The molecule has 1 rings (SSSR count). The number of ether oxygens (including phenoxy) is 2. The minimum Gasteiger partial charge on any atom is -0.870 e. The second-order valence-electron chi connectivity index (χ2n) is 1.22. The molecule has 5 heteroatoms. The molecule has 1 heterocycles. The summed E-state index contributed by atoms with van der Waals surface area (Å²) < 4.78 is 9.89. The summed E-state index contributed by atoms with van der Waals surface area (Å²) in [4.78, 5) is 0. The summed E-state index contributed by atoms with van der Waals surface area (Å²) in [6, 6.07) is 0. The minimum atomic E-state index is 0. The maximum atomic E-state index is 4.94. The van der Waals surface area contributed by atoms with E-state index in [1.807, 2.05) is 0 Å². The molecule has 0 amide bonds. The normalized spacial score (nSPS) is 16.0. The topological polar surface area (TPSA) is 80.0 Å². The average Bonchev–Trinajstić information content (AvgIpc) is 1.72. The van der Waals surface area contributed by atoms with Gasteiger partial charge in [-0.1, -0.05) is 0 Å². The predicted molar refractivity (Wildman–Crippen MR) is 27.2 cm³/mol. The van der Waals surface area contributed by atoms with Crippen molar-refractivity contribution in [1.29, 1.82) is 0 Å². The second-order valence-corrected chi connectivity index (χ2v) is 1.22. The quantitative estimate of drug-likeness (QED) is 0.327. The van der Waals surface area contributed by atoms with Crippen molar-refractivity contribution in [2.75, 3.05) is 26.4 Å². The van der Waals surface area contributed by atoms with Crippen molar-refractivity contribution in [2.45, 2.75) is 0 Å². The van der Waals surface area contributed by atoms with Crippen LogP contribution in [0.1, 0.15) is 0 Å². The molecule has 0 aromatic heterocycles. The van der Waals surface area contributed by atoms with E-state index in [0.717, 1.165) is 26.4 Å². The van der Waals surface area contributed by atoms with Gasteiger partial charge in [-0.05, 0) is 0 Å². The van der Waals surface area contributed by atoms with Crippen molar-refractivity contribution in [3.05, 3.63) is 0 Å². The molecular formula is C4H11NaO4. The van der Waals surface area contributed by atoms with Crippen LogP contribution < -0.4 is 29.6 Å². The molecule has 0 aliphatic carbocycles. The molecule has 0 unspecified atom stereocenters. The van der Waals surface area contributed by atoms with Crippen molar-refractivity contribution in [2.24, 2.45) is 0 Å². The fourth-order valence-corrected chi connectivity index (χ4v) is 0.440. The molecule has 1 aliphatic heterocycles. The third kappa shape index (κ3) is 8.84. The Morgan fingerprint density at radius 2 is 1.00 bits per heavy atom. The third-order valence-electron chi connectivity index (χ3n) is 0.744. The molecule has 1 aliphatic rings. The van der Waals surface area contributed by atoms with E-state index in [1.165, 1.54) is 0 Å². The Hall–Kier alpha value is 0.840. The van der Waals surface area contributed by atoms with E-state index >= 15 is 0 Å². The van der Waals surface area contributed by atoms with Crippen LogP contribution in [-0.2, 0) is 9.47 Å². The molecule has 4 nitrogen and oxygen atoms in total. The number of rotatable bonds is 0. The summed E-state index contributed by atoms with van der Waals surface area (Å²) in [5, 5.41) is 0. The van der Waals surface area contributed by atoms with E-state index in [9.17, 15) is 0 Å². The van der Waals surface area contributed by atoms with Crippen LogP contribution in [0.5, 0.6) is 0 Å². The zero-order chi connectivity index (χ0) is 4.24. The van der Waals surface area contributed by atoms with Gasteiger partial charge in [-0.3, -0.25) is 0 Å². The average molecular weight is 146 g/mol. The zero-order valence-electron chi connectivity index (χ0n) is 5.59. The fourth-order valence-electron chi connectivity index (χ4n) is 0.440. The van der Waals surface area contributed by atoms with Gasteiger partial charge in [-0.15, -0.1) is 0 Å². The Labute approximate surface area is 76.4 Å². The fraction of sp³-hybridized carbons (Fsp3) is 1.00. The monoisotopic (exact) mass is 146 g/mol. The van der Waals surface area contributed by atoms with Gasteiger partial charge in [0, 0.05) is 0 Å². The minimum absolute atomic E-state index is 0. The van der Waals surface area contributed by atoms with Crippen LogP contribution in [0.25, 0.3) is 0 Å². The van der Waals surface area contributed by atoms with Crippen LogP contribution >= 0.6 is 0 Å². The van der Waals surface area contributed by atoms with Crippen LogP contribution in [0.3, 0.4) is 0 Å². The molecule has 9 heavy (non-hydrogen) atoms. The Morgan fingerprint density at radius 3 is 1.11 bits per heavy atom. The van der Waals surface area contributed by atoms with Gasteiger partial charge in [-0.2, -0.15) is 0 Å². The van der Waals surface area contributed by atoms with Crippen molar-refractivity contribution in [1.82, 2.24) is 0 Å². The first-order chi connectivity index (χ1) is 3.00. The van der Waals surface area contributed by atoms with Gasteiger partial charge in [0.05, 0.1) is 26.4 Å². The molecule has 0 atom stereocenters. The number of hydrogen-bond acceptors (Lipinski definition) is 3. The molecule has 3 N–H and O–H groups in total. The molecule has 0 aromatic rings. The standard InChI is InChI=1S/C4H8O2.Na.2H2O/c1-2-6-4-3-5-1;;;/h1-4H2;;2*1H2/q;+1;;/p-1. The molecule has 1 fully saturated rings. The Kier molecular flexibility index (Phi) is 21.2. The van der Waals surface area contributed by atoms with E-state index in [4.69, 9.17) is 9.47 Å². The summed E-state index contributed by atoms with van der Waals surface area (Å²) >= 11 is 0. The van der Waals surface area contributed by atoms with Gasteiger partial charge in [0.15, 0.2) is 0 Å². The van der Waals surface area contributed by atoms with Gasteiger partial charge in [0.25, 0.3) is 0 Å². The maximum Gasteiger partial charge on any atom is 1.00 e. The van der Waals surface area contributed by atoms with Crippen molar-refractivity contribution >= 4 is 0 Å². The van der Waals surface area contributed by atoms with Crippen LogP contribution in [0.2, 0.25) is 0 Å². The van der Waals surface area contributed by atoms with Crippen molar-refractivity contribution < 1.29 is 50.0 Å². The summed E-state index contributed by atoms with van der Waals surface area (Å²) in [6.07, 6.45) is 0. The van der Waals surface area contributed by atoms with Crippen LogP contribution in [0.4, 0.5) is 0 Å². The first-order valence-electron chi connectivity index (χ1n) is 2.15. The Balaban J connectivity index is -0.000000120. The van der Waals surface area contributed by atoms with Gasteiger partial charge < -0.3 is 20.4 Å². The van der Waals surface area contributed by atoms with Crippen LogP contribution in [0, 0.1) is 0 Å². The van der Waals surface area contributed by atoms with Crippen LogP contribution in [0.15, 0.2) is 0 Å². The first-order valence-corrected chi connectivity index (χ1v) is 2.15. The van der Waals surface area contributed by atoms with Crippen molar-refractivity contribution in [3.8, 4) is 0 Å². The van der Waals surface area contributed by atoms with E-state index < -0.39 is 0 Å². The summed E-state index contributed by atoms with van der Waals surface area (Å²) in [5.74, 6) is 0. The van der Waals surface area contributed by atoms with Crippen LogP contribution in [-0.4, -0.2) is 37.4 Å². The zero-order valence-corrected chi connectivity index (χ0v) is 7.59. The van der Waals surface area contributed by atoms with Gasteiger partial charge in [-0.25, -0.2) is 0 Å². The molecule has 52 valence electrons. The smallest absolute Gasteiger partial charge is 0.870 e. The van der Waals surface area contributed by atoms with E-state index in [2.05, 4.69) is 0 Å². The van der Waals surface area contributed by atoms with Gasteiger partial charge >= 0.3 is 29.6 Å². The molecule has 0 radical (unpaired) electrons. The van der Waals surface area contributed by atoms with E-state index in [-0.39, 0.29) is 40.5 Å². The van der Waals surface area contributed by atoms with E-state index in [0.29, 0.717) is 0 Å². The summed E-state index contributed by atoms with van der Waals surface area (Å²) in [5.41, 5.74) is 0. The Bertz CT molecular complexity index is 28.0. The van der Waals surface area contributed by atoms with E-state index in [1.54, 1.807) is 0 Å². The third-order valence-corrected chi connectivity index (χ3v) is 0.744. The molecule has 0 bridgehead atoms. The summed E-state index contributed by atoms with van der Waals surface area (Å²) in [6.45, 7) is 3.11. The number of hydrogen-bond donors (Lipinski definition) is 0. The molecule has 0 saturated carbocycles. The Morgan fingerprint density at radius 1 is 0.778 bits per heavy atom. The van der Waals surface area contributed by atoms with Crippen molar-refractivity contribution in [3.63, 3.8) is 0 Å². The largest absolute Gasteiger partial charge is 1.00 e. The molecular weight excluding hydrogens is 135 g/mol. The molecule has 0 aromatic carbocycles. The first kappa shape index (κ1) is 16.4. The maximum absolute atomic E-state index is 4.94. The predicted octanol–water partition coefficient (Wildman–Crippen LogP) is -3.96. The molecule has 0 spiro atoms. The van der Waals surface area contributed by atoms with Gasteiger partial charge in [0.1, 0.15) is 0 Å². The molecule has 1 saturated heterocycles. The SMILES string of the molecule is C1COCCO1.O.[Na+].[OH-]. The van der Waals surface area contributed by atoms with Gasteiger partial charge in [0.2, 0.25) is 0 Å².